The Morgan fingerprint density at radius 1 is 1.00 bits per heavy atom. The summed E-state index contributed by atoms with van der Waals surface area (Å²) in [7, 11) is 0. The van der Waals surface area contributed by atoms with Crippen molar-refractivity contribution in [1.82, 2.24) is 9.55 Å². The molecule has 0 aliphatic carbocycles. The van der Waals surface area contributed by atoms with Crippen molar-refractivity contribution in [1.29, 1.82) is 0 Å². The quantitative estimate of drug-likeness (QED) is 0.535. The van der Waals surface area contributed by atoms with Crippen LogP contribution in [0, 0.1) is 0 Å². The van der Waals surface area contributed by atoms with Gasteiger partial charge in [0.2, 0.25) is 5.95 Å². The molecule has 4 aromatic rings. The fourth-order valence-electron chi connectivity index (χ4n) is 2.88. The molecule has 28 heavy (non-hydrogen) atoms. The molecule has 6 nitrogen and oxygen atoms in total. The summed E-state index contributed by atoms with van der Waals surface area (Å²) in [5, 5.41) is 13.0. The van der Waals surface area contributed by atoms with E-state index in [1.165, 1.54) is 16.7 Å². The monoisotopic (exact) mass is 391 g/mol. The summed E-state index contributed by atoms with van der Waals surface area (Å²) in [6, 6.07) is 20.3. The number of nitrogens with one attached hydrogen (secondary N) is 1. The molecule has 0 saturated carbocycles. The van der Waals surface area contributed by atoms with Gasteiger partial charge >= 0.3 is 5.97 Å². The summed E-state index contributed by atoms with van der Waals surface area (Å²) in [6.07, 6.45) is 0. The van der Waals surface area contributed by atoms with Crippen LogP contribution in [0.1, 0.15) is 10.4 Å². The zero-order chi connectivity index (χ0) is 19.7. The lowest BCUT2D eigenvalue weighted by Gasteiger charge is -2.15. The van der Waals surface area contributed by atoms with E-state index in [9.17, 15) is 9.59 Å². The van der Waals surface area contributed by atoms with Gasteiger partial charge in [0.15, 0.2) is 0 Å². The van der Waals surface area contributed by atoms with Gasteiger partial charge in [-0.15, -0.1) is 0 Å². The summed E-state index contributed by atoms with van der Waals surface area (Å²) in [4.78, 5) is 28.8. The van der Waals surface area contributed by atoms with Crippen molar-refractivity contribution in [3.63, 3.8) is 0 Å². The van der Waals surface area contributed by atoms with E-state index in [2.05, 4.69) is 10.3 Å². The lowest BCUT2D eigenvalue weighted by Crippen LogP contribution is -2.22. The number of para-hydroxylation sites is 1. The van der Waals surface area contributed by atoms with Gasteiger partial charge in [-0.1, -0.05) is 29.8 Å². The number of benzene rings is 3. The first-order valence-electron chi connectivity index (χ1n) is 8.41. The standard InChI is InChI=1S/C21H14ClN3O3/c22-14-8-11-18-17(12-14)19(26)25(16-4-2-1-3-5-16)21(24-18)23-15-9-6-13(7-10-15)20(27)28/h1-12H,(H,23,24)(H,27,28). The second-order valence-electron chi connectivity index (χ2n) is 6.08. The lowest BCUT2D eigenvalue weighted by atomic mass is 10.2. The largest absolute Gasteiger partial charge is 0.478 e. The highest BCUT2D eigenvalue weighted by molar-refractivity contribution is 6.31. The Kier molecular flexibility index (Phi) is 4.55. The Bertz CT molecular complexity index is 1240. The van der Waals surface area contributed by atoms with Crippen LogP contribution in [0.15, 0.2) is 77.6 Å². The van der Waals surface area contributed by atoms with Crippen LogP contribution in [-0.4, -0.2) is 20.6 Å². The number of aromatic nitrogens is 2. The van der Waals surface area contributed by atoms with E-state index in [-0.39, 0.29) is 11.1 Å². The number of carbonyl (C=O) groups is 1. The molecule has 7 heteroatoms. The number of nitrogens with zero attached hydrogens (tertiary/aromatic N) is 2. The van der Waals surface area contributed by atoms with Crippen molar-refractivity contribution in [2.45, 2.75) is 0 Å². The molecule has 3 aromatic carbocycles. The van der Waals surface area contributed by atoms with Crippen LogP contribution in [-0.2, 0) is 0 Å². The molecule has 0 bridgehead atoms. The molecule has 0 fully saturated rings. The van der Waals surface area contributed by atoms with Crippen LogP contribution in [0.4, 0.5) is 11.6 Å². The van der Waals surface area contributed by atoms with Crippen LogP contribution in [0.2, 0.25) is 5.02 Å². The number of anilines is 2. The predicted molar refractivity (Wildman–Crippen MR) is 109 cm³/mol. The average molecular weight is 392 g/mol. The van der Waals surface area contributed by atoms with Crippen LogP contribution in [0.5, 0.6) is 0 Å². The van der Waals surface area contributed by atoms with Gasteiger partial charge in [0.05, 0.1) is 22.2 Å². The fraction of sp³-hybridized carbons (Fsp3) is 0. The topological polar surface area (TPSA) is 84.2 Å². The maximum atomic E-state index is 13.2. The zero-order valence-corrected chi connectivity index (χ0v) is 15.2. The summed E-state index contributed by atoms with van der Waals surface area (Å²) in [6.45, 7) is 0. The molecule has 2 N–H and O–H groups in total. The summed E-state index contributed by atoms with van der Waals surface area (Å²) >= 11 is 6.06. The third-order valence-electron chi connectivity index (χ3n) is 4.23. The minimum Gasteiger partial charge on any atom is -0.478 e. The molecule has 0 aliphatic rings. The average Bonchev–Trinajstić information content (AvgIpc) is 2.70. The summed E-state index contributed by atoms with van der Waals surface area (Å²) < 4.78 is 1.46. The van der Waals surface area contributed by atoms with Crippen LogP contribution in [0.3, 0.4) is 0 Å². The lowest BCUT2D eigenvalue weighted by molar-refractivity contribution is 0.0697. The first-order chi connectivity index (χ1) is 13.5. The first kappa shape index (κ1) is 17.8. The minimum atomic E-state index is -1.01. The van der Waals surface area contributed by atoms with Crippen molar-refractivity contribution in [3.05, 3.63) is 93.7 Å². The van der Waals surface area contributed by atoms with Crippen molar-refractivity contribution >= 4 is 40.1 Å². The van der Waals surface area contributed by atoms with Gasteiger partial charge < -0.3 is 10.4 Å². The van der Waals surface area contributed by atoms with Crippen LogP contribution >= 0.6 is 11.6 Å². The Morgan fingerprint density at radius 3 is 2.39 bits per heavy atom. The SMILES string of the molecule is O=C(O)c1ccc(Nc2nc3ccc(Cl)cc3c(=O)n2-c2ccccc2)cc1. The number of halogens is 1. The second kappa shape index (κ2) is 7.17. The van der Waals surface area contributed by atoms with Crippen LogP contribution < -0.4 is 10.9 Å². The Balaban J connectivity index is 1.90. The molecular weight excluding hydrogens is 378 g/mol. The van der Waals surface area contributed by atoms with Crippen molar-refractivity contribution in [2.75, 3.05) is 5.32 Å². The molecule has 1 heterocycles. The zero-order valence-electron chi connectivity index (χ0n) is 14.5. The molecule has 1 aromatic heterocycles. The first-order valence-corrected chi connectivity index (χ1v) is 8.79. The summed E-state index contributed by atoms with van der Waals surface area (Å²) in [5.41, 5.74) is 1.67. The number of hydrogen-bond acceptors (Lipinski definition) is 4. The van der Waals surface area contributed by atoms with E-state index in [4.69, 9.17) is 16.7 Å². The van der Waals surface area contributed by atoms with Crippen LogP contribution in [0.25, 0.3) is 16.6 Å². The maximum absolute atomic E-state index is 13.2. The van der Waals surface area contributed by atoms with E-state index in [0.29, 0.717) is 33.2 Å². The van der Waals surface area contributed by atoms with Gasteiger partial charge in [-0.2, -0.15) is 0 Å². The number of hydrogen-bond donors (Lipinski definition) is 2. The van der Waals surface area contributed by atoms with E-state index in [0.717, 1.165) is 0 Å². The number of aromatic carboxylic acids is 1. The third-order valence-corrected chi connectivity index (χ3v) is 4.47. The third kappa shape index (κ3) is 3.33. The molecule has 138 valence electrons. The Hall–Kier alpha value is -3.64. The normalized spacial score (nSPS) is 10.8. The van der Waals surface area contributed by atoms with Gasteiger partial charge in [0, 0.05) is 10.7 Å². The smallest absolute Gasteiger partial charge is 0.335 e. The second-order valence-corrected chi connectivity index (χ2v) is 6.52. The Morgan fingerprint density at radius 2 is 1.71 bits per heavy atom. The van der Waals surface area contributed by atoms with E-state index < -0.39 is 5.97 Å². The van der Waals surface area contributed by atoms with Crippen molar-refractivity contribution in [3.8, 4) is 5.69 Å². The molecule has 0 aliphatic heterocycles. The molecule has 0 radical (unpaired) electrons. The summed E-state index contributed by atoms with van der Waals surface area (Å²) in [5.74, 6) is -0.692. The van der Waals surface area contributed by atoms with E-state index in [1.54, 1.807) is 42.5 Å². The highest BCUT2D eigenvalue weighted by atomic mass is 35.5. The van der Waals surface area contributed by atoms with Gasteiger partial charge in [-0.3, -0.25) is 4.79 Å². The number of rotatable bonds is 4. The van der Waals surface area contributed by atoms with Crippen molar-refractivity contribution < 1.29 is 9.90 Å². The predicted octanol–water partition coefficient (Wildman–Crippen LogP) is 4.48. The Labute approximate surface area is 164 Å². The fourth-order valence-corrected chi connectivity index (χ4v) is 3.06. The minimum absolute atomic E-state index is 0.173. The highest BCUT2D eigenvalue weighted by Crippen LogP contribution is 2.22. The van der Waals surface area contributed by atoms with E-state index >= 15 is 0 Å². The van der Waals surface area contributed by atoms with Crippen molar-refractivity contribution in [2.24, 2.45) is 0 Å². The number of carboxylic acids is 1. The van der Waals surface area contributed by atoms with E-state index in [1.807, 2.05) is 18.2 Å². The molecule has 0 atom stereocenters. The van der Waals surface area contributed by atoms with Gasteiger partial charge in [-0.05, 0) is 54.6 Å². The molecule has 4 rings (SSSR count). The molecule has 0 saturated heterocycles. The molecule has 0 amide bonds. The molecule has 0 unspecified atom stereocenters. The number of carboxylic acid groups (broad SMARTS) is 1. The number of fused-ring (bicyclic) bond motifs is 1. The van der Waals surface area contributed by atoms with Gasteiger partial charge in [-0.25, -0.2) is 14.3 Å². The molecular formula is C21H14ClN3O3. The highest BCUT2D eigenvalue weighted by Gasteiger charge is 2.14. The maximum Gasteiger partial charge on any atom is 0.335 e. The van der Waals surface area contributed by atoms with Gasteiger partial charge in [0.1, 0.15) is 0 Å². The molecule has 0 spiro atoms. The van der Waals surface area contributed by atoms with Gasteiger partial charge in [0.25, 0.3) is 5.56 Å².